The Balaban J connectivity index is 1.79. The zero-order valence-corrected chi connectivity index (χ0v) is 14.5. The van der Waals surface area contributed by atoms with Gasteiger partial charge in [0.05, 0.1) is 11.3 Å². The van der Waals surface area contributed by atoms with Gasteiger partial charge in [0.25, 0.3) is 5.91 Å². The Morgan fingerprint density at radius 2 is 2.12 bits per heavy atom. The van der Waals surface area contributed by atoms with Gasteiger partial charge >= 0.3 is 5.97 Å². The molecule has 1 atom stereocenters. The van der Waals surface area contributed by atoms with E-state index in [0.717, 1.165) is 18.5 Å². The second-order valence-corrected chi connectivity index (χ2v) is 7.08. The second-order valence-electron chi connectivity index (χ2n) is 7.08. The van der Waals surface area contributed by atoms with Crippen LogP contribution in [-0.2, 0) is 20.8 Å². The number of carbonyl (C=O) groups is 2. The van der Waals surface area contributed by atoms with Gasteiger partial charge < -0.3 is 14.8 Å². The lowest BCUT2D eigenvalue weighted by molar-refractivity contribution is -0.147. The monoisotopic (exact) mass is 335 g/mol. The van der Waals surface area contributed by atoms with Gasteiger partial charge in [-0.2, -0.15) is 5.10 Å². The van der Waals surface area contributed by atoms with Crippen LogP contribution in [-0.4, -0.2) is 46.5 Å². The average molecular weight is 335 g/mol. The van der Waals surface area contributed by atoms with Crippen LogP contribution in [0.5, 0.6) is 0 Å². The number of amides is 1. The third-order valence-corrected chi connectivity index (χ3v) is 4.63. The third-order valence-electron chi connectivity index (χ3n) is 4.63. The predicted molar refractivity (Wildman–Crippen MR) is 86.7 cm³/mol. The first kappa shape index (κ1) is 17.0. The van der Waals surface area contributed by atoms with Crippen LogP contribution in [0, 0.1) is 0 Å². The maximum Gasteiger partial charge on any atom is 0.329 e. The number of nitrogens with one attached hydrogen (secondary N) is 1. The molecule has 2 aliphatic heterocycles. The first-order valence-corrected chi connectivity index (χ1v) is 8.58. The number of aromatic nitrogens is 2. The summed E-state index contributed by atoms with van der Waals surface area (Å²) in [5.74, 6) is -0.404. The Kier molecular flexibility index (Phi) is 4.62. The smallest absolute Gasteiger partial charge is 0.329 e. The van der Waals surface area contributed by atoms with E-state index in [-0.39, 0.29) is 17.8 Å². The van der Waals surface area contributed by atoms with E-state index in [9.17, 15) is 9.59 Å². The molecule has 132 valence electrons. The molecule has 2 saturated heterocycles. The molecule has 0 saturated carbocycles. The first-order valence-electron chi connectivity index (χ1n) is 8.58. The van der Waals surface area contributed by atoms with E-state index in [1.54, 1.807) is 10.9 Å². The minimum absolute atomic E-state index is 0.222. The number of rotatable bonds is 4. The van der Waals surface area contributed by atoms with Crippen molar-refractivity contribution in [2.75, 3.05) is 13.2 Å². The lowest BCUT2D eigenvalue weighted by atomic mass is 9.93. The van der Waals surface area contributed by atoms with E-state index in [4.69, 9.17) is 9.47 Å². The van der Waals surface area contributed by atoms with Gasteiger partial charge in [0.15, 0.2) is 0 Å². The minimum atomic E-state index is -0.597. The summed E-state index contributed by atoms with van der Waals surface area (Å²) in [4.78, 5) is 24.7. The van der Waals surface area contributed by atoms with Crippen LogP contribution in [0.1, 0.15) is 62.0 Å². The van der Waals surface area contributed by atoms with Crippen LogP contribution in [0.4, 0.5) is 0 Å². The summed E-state index contributed by atoms with van der Waals surface area (Å²) in [7, 11) is 0. The molecule has 2 fully saturated rings. The van der Waals surface area contributed by atoms with Gasteiger partial charge in [-0.15, -0.1) is 0 Å². The van der Waals surface area contributed by atoms with Crippen molar-refractivity contribution in [2.45, 2.75) is 64.1 Å². The van der Waals surface area contributed by atoms with Crippen LogP contribution < -0.4 is 5.32 Å². The van der Waals surface area contributed by atoms with E-state index >= 15 is 0 Å². The molecule has 3 rings (SSSR count). The molecule has 2 aliphatic rings. The van der Waals surface area contributed by atoms with Crippen molar-refractivity contribution < 1.29 is 19.1 Å². The van der Waals surface area contributed by atoms with E-state index in [2.05, 4.69) is 10.4 Å². The van der Waals surface area contributed by atoms with Gasteiger partial charge in [-0.05, 0) is 33.6 Å². The number of aryl methyl sites for hydroxylation is 1. The molecule has 7 nitrogen and oxygen atoms in total. The van der Waals surface area contributed by atoms with Gasteiger partial charge in [0.1, 0.15) is 11.6 Å². The predicted octanol–water partition coefficient (Wildman–Crippen LogP) is 1.62. The standard InChI is InChI=1S/C17H25N3O4/c1-4-20-10-12(14(19-20)11-5-7-23-8-6-11)15(21)18-13-9-17(2,3)24-16(13)22/h10-11,13H,4-9H2,1-3H3,(H,18,21). The minimum Gasteiger partial charge on any atom is -0.458 e. The first-order chi connectivity index (χ1) is 11.4. The molecule has 0 aromatic carbocycles. The van der Waals surface area contributed by atoms with Crippen LogP contribution in [0.15, 0.2) is 6.20 Å². The summed E-state index contributed by atoms with van der Waals surface area (Å²) < 4.78 is 12.5. The van der Waals surface area contributed by atoms with Crippen molar-refractivity contribution in [3.05, 3.63) is 17.5 Å². The zero-order chi connectivity index (χ0) is 17.3. The highest BCUT2D eigenvalue weighted by Crippen LogP contribution is 2.29. The number of esters is 1. The van der Waals surface area contributed by atoms with Crippen LogP contribution in [0.2, 0.25) is 0 Å². The Morgan fingerprint density at radius 3 is 2.71 bits per heavy atom. The van der Waals surface area contributed by atoms with Crippen LogP contribution >= 0.6 is 0 Å². The lowest BCUT2D eigenvalue weighted by Crippen LogP contribution is -2.38. The van der Waals surface area contributed by atoms with E-state index < -0.39 is 11.6 Å². The Bertz CT molecular complexity index is 632. The molecule has 1 unspecified atom stereocenters. The molecule has 1 aromatic heterocycles. The highest BCUT2D eigenvalue weighted by Gasteiger charge is 2.41. The number of hydrogen-bond donors (Lipinski definition) is 1. The quantitative estimate of drug-likeness (QED) is 0.846. The fourth-order valence-corrected chi connectivity index (χ4v) is 3.35. The maximum atomic E-state index is 12.7. The second kappa shape index (κ2) is 6.55. The molecule has 1 N–H and O–H groups in total. The molecule has 0 radical (unpaired) electrons. The zero-order valence-electron chi connectivity index (χ0n) is 14.5. The fraction of sp³-hybridized carbons (Fsp3) is 0.706. The largest absolute Gasteiger partial charge is 0.458 e. The Hall–Kier alpha value is -1.89. The fourth-order valence-electron chi connectivity index (χ4n) is 3.35. The highest BCUT2D eigenvalue weighted by molar-refractivity contribution is 5.98. The third kappa shape index (κ3) is 3.45. The van der Waals surface area contributed by atoms with Gasteiger partial charge in [0, 0.05) is 38.3 Å². The van der Waals surface area contributed by atoms with Crippen LogP contribution in [0.25, 0.3) is 0 Å². The summed E-state index contributed by atoms with van der Waals surface area (Å²) in [5.41, 5.74) is 0.830. The number of carbonyl (C=O) groups excluding carboxylic acids is 2. The summed E-state index contributed by atoms with van der Waals surface area (Å²) in [6.45, 7) is 7.75. The summed E-state index contributed by atoms with van der Waals surface area (Å²) in [6.07, 6.45) is 3.97. The van der Waals surface area contributed by atoms with Gasteiger partial charge in [-0.25, -0.2) is 4.79 Å². The Morgan fingerprint density at radius 1 is 1.42 bits per heavy atom. The molecule has 0 aliphatic carbocycles. The molecule has 0 bridgehead atoms. The molecule has 1 aromatic rings. The summed E-state index contributed by atoms with van der Waals surface area (Å²) in [6, 6.07) is -0.597. The Labute approximate surface area is 141 Å². The lowest BCUT2D eigenvalue weighted by Gasteiger charge is -2.21. The van der Waals surface area contributed by atoms with Crippen molar-refractivity contribution in [1.29, 1.82) is 0 Å². The molecule has 1 amide bonds. The van der Waals surface area contributed by atoms with Crippen molar-refractivity contribution in [3.63, 3.8) is 0 Å². The normalized spacial score (nSPS) is 24.0. The molecular formula is C17H25N3O4. The van der Waals surface area contributed by atoms with Gasteiger partial charge in [0.2, 0.25) is 0 Å². The average Bonchev–Trinajstić information content (AvgIpc) is 3.09. The van der Waals surface area contributed by atoms with Crippen molar-refractivity contribution in [3.8, 4) is 0 Å². The highest BCUT2D eigenvalue weighted by atomic mass is 16.6. The number of nitrogens with zero attached hydrogens (tertiary/aromatic N) is 2. The summed E-state index contributed by atoms with van der Waals surface area (Å²) in [5, 5.41) is 7.40. The summed E-state index contributed by atoms with van der Waals surface area (Å²) >= 11 is 0. The van der Waals surface area contributed by atoms with Gasteiger partial charge in [-0.3, -0.25) is 9.48 Å². The molecule has 0 spiro atoms. The van der Waals surface area contributed by atoms with Crippen molar-refractivity contribution in [2.24, 2.45) is 0 Å². The van der Waals surface area contributed by atoms with Crippen molar-refractivity contribution in [1.82, 2.24) is 15.1 Å². The van der Waals surface area contributed by atoms with Gasteiger partial charge in [-0.1, -0.05) is 0 Å². The number of cyclic esters (lactones) is 1. The SMILES string of the molecule is CCn1cc(C(=O)NC2CC(C)(C)OC2=O)c(C2CCOCC2)n1. The van der Waals surface area contributed by atoms with E-state index in [1.807, 2.05) is 20.8 Å². The molecular weight excluding hydrogens is 310 g/mol. The molecule has 24 heavy (non-hydrogen) atoms. The number of ether oxygens (including phenoxy) is 2. The van der Waals surface area contributed by atoms with E-state index in [0.29, 0.717) is 31.7 Å². The molecule has 3 heterocycles. The van der Waals surface area contributed by atoms with Crippen LogP contribution in [0.3, 0.4) is 0 Å². The molecule has 7 heteroatoms. The van der Waals surface area contributed by atoms with Crippen molar-refractivity contribution >= 4 is 11.9 Å². The maximum absolute atomic E-state index is 12.7. The topological polar surface area (TPSA) is 82.5 Å². The van der Waals surface area contributed by atoms with E-state index in [1.165, 1.54) is 0 Å². The number of hydrogen-bond acceptors (Lipinski definition) is 5.